The van der Waals surface area contributed by atoms with Crippen LogP contribution in [0.1, 0.15) is 38.5 Å². The van der Waals surface area contributed by atoms with Gasteiger partial charge in [-0.05, 0) is 62.4 Å². The number of carbonyl (C=O) groups excluding carboxylic acids is 2. The number of rotatable bonds is 10. The largest absolute Gasteiger partial charge is 0.508 e. The molecule has 2 aromatic carbocycles. The topological polar surface area (TPSA) is 160 Å². The summed E-state index contributed by atoms with van der Waals surface area (Å²) in [6.07, 6.45) is 1.27. The maximum Gasteiger partial charge on any atom is 0.306 e. The number of methoxy groups -OCH3 is 2. The highest BCUT2D eigenvalue weighted by Gasteiger charge is 2.12. The molecule has 0 atom stereocenters. The Morgan fingerprint density at radius 3 is 1.62 bits per heavy atom. The van der Waals surface area contributed by atoms with Gasteiger partial charge >= 0.3 is 11.9 Å². The Balaban J connectivity index is 0.000000218. The highest BCUT2D eigenvalue weighted by molar-refractivity contribution is 5.69. The standard InChI is InChI=1S/C15H18N2O4.C12H12N2O4/c1-10(2)20-12-6-4-11(5-7-12)15-16-13(21-17-15)8-9-14(18)19-3;1-17-11(16)7-6-10-13-12(14-18-10)8-2-4-9(15)5-3-8/h4-7,10H,8-9H2,1-3H3;2-5,15H,6-7H2,1H3. The van der Waals surface area contributed by atoms with Gasteiger partial charge in [-0.15, -0.1) is 0 Å². The molecule has 0 bridgehead atoms. The number of ether oxygens (including phenoxy) is 3. The smallest absolute Gasteiger partial charge is 0.306 e. The van der Waals surface area contributed by atoms with Gasteiger partial charge in [0, 0.05) is 24.0 Å². The van der Waals surface area contributed by atoms with Gasteiger partial charge < -0.3 is 28.4 Å². The first-order chi connectivity index (χ1) is 18.8. The second-order valence-electron chi connectivity index (χ2n) is 8.41. The van der Waals surface area contributed by atoms with E-state index in [0.29, 0.717) is 36.3 Å². The van der Waals surface area contributed by atoms with Crippen LogP contribution in [0.15, 0.2) is 57.6 Å². The number of phenols is 1. The number of benzene rings is 2. The summed E-state index contributed by atoms with van der Waals surface area (Å²) in [5, 5.41) is 16.9. The molecule has 0 aliphatic rings. The SMILES string of the molecule is COC(=O)CCc1nc(-c2ccc(O)cc2)no1.COC(=O)CCc1nc(-c2ccc(OC(C)C)cc2)no1. The molecule has 0 amide bonds. The Kier molecular flexibility index (Phi) is 10.5. The molecule has 2 aromatic heterocycles. The summed E-state index contributed by atoms with van der Waals surface area (Å²) in [6.45, 7) is 3.95. The zero-order valence-corrected chi connectivity index (χ0v) is 22.1. The van der Waals surface area contributed by atoms with Crippen LogP contribution >= 0.6 is 0 Å². The Hall–Kier alpha value is -4.74. The molecule has 4 aromatic rings. The van der Waals surface area contributed by atoms with E-state index >= 15 is 0 Å². The van der Waals surface area contributed by atoms with E-state index in [-0.39, 0.29) is 36.6 Å². The molecule has 12 nitrogen and oxygen atoms in total. The Bertz CT molecular complexity index is 1330. The number of nitrogens with zero attached hydrogens (tertiary/aromatic N) is 4. The lowest BCUT2D eigenvalue weighted by atomic mass is 10.2. The molecule has 0 spiro atoms. The van der Waals surface area contributed by atoms with Gasteiger partial charge in [0.2, 0.25) is 23.4 Å². The first-order valence-corrected chi connectivity index (χ1v) is 12.1. The molecule has 12 heteroatoms. The van der Waals surface area contributed by atoms with E-state index in [4.69, 9.17) is 18.9 Å². The van der Waals surface area contributed by atoms with E-state index in [1.54, 1.807) is 24.3 Å². The second-order valence-corrected chi connectivity index (χ2v) is 8.41. The zero-order valence-electron chi connectivity index (χ0n) is 22.1. The molecule has 206 valence electrons. The van der Waals surface area contributed by atoms with Gasteiger partial charge in [-0.3, -0.25) is 9.59 Å². The van der Waals surface area contributed by atoms with E-state index in [1.165, 1.54) is 14.2 Å². The van der Waals surface area contributed by atoms with Crippen molar-refractivity contribution in [3.8, 4) is 34.3 Å². The summed E-state index contributed by atoms with van der Waals surface area (Å²) in [5.41, 5.74) is 1.57. The van der Waals surface area contributed by atoms with Gasteiger partial charge in [-0.2, -0.15) is 9.97 Å². The van der Waals surface area contributed by atoms with Crippen LogP contribution in [0.5, 0.6) is 11.5 Å². The van der Waals surface area contributed by atoms with Crippen molar-refractivity contribution in [1.82, 2.24) is 20.3 Å². The van der Waals surface area contributed by atoms with Crippen LogP contribution in [0.4, 0.5) is 0 Å². The average molecular weight is 539 g/mol. The molecule has 2 heterocycles. The number of aromatic nitrogens is 4. The predicted molar refractivity (Wildman–Crippen MR) is 138 cm³/mol. The number of hydrogen-bond acceptors (Lipinski definition) is 12. The van der Waals surface area contributed by atoms with Crippen molar-refractivity contribution in [2.24, 2.45) is 0 Å². The van der Waals surface area contributed by atoms with E-state index < -0.39 is 0 Å². The third-order valence-electron chi connectivity index (χ3n) is 5.09. The van der Waals surface area contributed by atoms with E-state index in [1.807, 2.05) is 38.1 Å². The highest BCUT2D eigenvalue weighted by atomic mass is 16.5. The third-order valence-corrected chi connectivity index (χ3v) is 5.09. The Labute approximate surface area is 224 Å². The number of phenolic OH excluding ortho intramolecular Hbond substituents is 1. The van der Waals surface area contributed by atoms with Gasteiger partial charge in [0.15, 0.2) is 0 Å². The maximum atomic E-state index is 11.1. The lowest BCUT2D eigenvalue weighted by Crippen LogP contribution is -2.05. The molecular formula is C27H30N4O8. The van der Waals surface area contributed by atoms with Crippen LogP contribution < -0.4 is 4.74 Å². The fraction of sp³-hybridized carbons (Fsp3) is 0.333. The Morgan fingerprint density at radius 2 is 1.21 bits per heavy atom. The van der Waals surface area contributed by atoms with E-state index in [9.17, 15) is 9.59 Å². The van der Waals surface area contributed by atoms with Crippen LogP contribution in [-0.2, 0) is 31.9 Å². The summed E-state index contributed by atoms with van der Waals surface area (Å²) in [7, 11) is 2.68. The minimum absolute atomic E-state index is 0.131. The number of esters is 2. The molecule has 0 aliphatic heterocycles. The third kappa shape index (κ3) is 9.26. The van der Waals surface area contributed by atoms with Gasteiger partial charge in [-0.25, -0.2) is 0 Å². The van der Waals surface area contributed by atoms with Crippen molar-refractivity contribution in [2.45, 2.75) is 45.6 Å². The fourth-order valence-electron chi connectivity index (χ4n) is 3.13. The maximum absolute atomic E-state index is 11.1. The average Bonchev–Trinajstić information content (AvgIpc) is 3.61. The number of carbonyl (C=O) groups is 2. The predicted octanol–water partition coefficient (Wildman–Crippen LogP) is 4.18. The van der Waals surface area contributed by atoms with Crippen molar-refractivity contribution in [3.05, 3.63) is 60.3 Å². The van der Waals surface area contributed by atoms with Gasteiger partial charge in [0.1, 0.15) is 11.5 Å². The summed E-state index contributed by atoms with van der Waals surface area (Å²) in [5.74, 6) is 2.06. The van der Waals surface area contributed by atoms with Crippen molar-refractivity contribution in [3.63, 3.8) is 0 Å². The Morgan fingerprint density at radius 1 is 0.769 bits per heavy atom. The molecule has 0 saturated heterocycles. The van der Waals surface area contributed by atoms with E-state index in [0.717, 1.165) is 16.9 Å². The first-order valence-electron chi connectivity index (χ1n) is 12.1. The molecule has 0 fully saturated rings. The fourth-order valence-corrected chi connectivity index (χ4v) is 3.13. The molecule has 4 rings (SSSR count). The molecule has 0 unspecified atom stereocenters. The molecule has 0 saturated carbocycles. The highest BCUT2D eigenvalue weighted by Crippen LogP contribution is 2.21. The summed E-state index contributed by atoms with van der Waals surface area (Å²) in [6, 6.07) is 13.9. The van der Waals surface area contributed by atoms with Gasteiger partial charge in [0.05, 0.1) is 33.2 Å². The van der Waals surface area contributed by atoms with Crippen LogP contribution in [0.25, 0.3) is 22.8 Å². The number of hydrogen-bond donors (Lipinski definition) is 1. The van der Waals surface area contributed by atoms with E-state index in [2.05, 4.69) is 29.8 Å². The quantitative estimate of drug-likeness (QED) is 0.287. The van der Waals surface area contributed by atoms with Gasteiger partial charge in [0.25, 0.3) is 0 Å². The van der Waals surface area contributed by atoms with Crippen molar-refractivity contribution in [1.29, 1.82) is 0 Å². The minimum atomic E-state index is -0.320. The van der Waals surface area contributed by atoms with Gasteiger partial charge in [-0.1, -0.05) is 10.3 Å². The molecule has 0 radical (unpaired) electrons. The lowest BCUT2D eigenvalue weighted by Gasteiger charge is -2.09. The monoisotopic (exact) mass is 538 g/mol. The summed E-state index contributed by atoms with van der Waals surface area (Å²) in [4.78, 5) is 30.4. The van der Waals surface area contributed by atoms with Crippen LogP contribution in [-0.4, -0.2) is 57.6 Å². The van der Waals surface area contributed by atoms with Crippen LogP contribution in [0.2, 0.25) is 0 Å². The van der Waals surface area contributed by atoms with Crippen molar-refractivity contribution < 1.29 is 38.0 Å². The molecular weight excluding hydrogens is 508 g/mol. The minimum Gasteiger partial charge on any atom is -0.508 e. The summed E-state index contributed by atoms with van der Waals surface area (Å²) >= 11 is 0. The first kappa shape index (κ1) is 28.8. The molecule has 39 heavy (non-hydrogen) atoms. The zero-order chi connectivity index (χ0) is 28.2. The van der Waals surface area contributed by atoms with Crippen LogP contribution in [0.3, 0.4) is 0 Å². The van der Waals surface area contributed by atoms with Crippen LogP contribution in [0, 0.1) is 0 Å². The second kappa shape index (κ2) is 14.3. The lowest BCUT2D eigenvalue weighted by molar-refractivity contribution is -0.141. The normalized spacial score (nSPS) is 10.5. The number of aromatic hydroxyl groups is 1. The molecule has 0 aliphatic carbocycles. The van der Waals surface area contributed by atoms with Crippen molar-refractivity contribution >= 4 is 11.9 Å². The van der Waals surface area contributed by atoms with Crippen molar-refractivity contribution in [2.75, 3.05) is 14.2 Å². The molecule has 1 N–H and O–H groups in total. The summed E-state index contributed by atoms with van der Waals surface area (Å²) < 4.78 is 24.8. The number of aryl methyl sites for hydroxylation is 2.